The van der Waals surface area contributed by atoms with Crippen LogP contribution >= 0.6 is 0 Å². The van der Waals surface area contributed by atoms with Gasteiger partial charge in [0.1, 0.15) is 5.82 Å². The van der Waals surface area contributed by atoms with Gasteiger partial charge in [-0.2, -0.15) is 0 Å². The van der Waals surface area contributed by atoms with Gasteiger partial charge in [-0.05, 0) is 50.2 Å². The monoisotopic (exact) mass is 352 g/mol. The first-order valence-corrected chi connectivity index (χ1v) is 7.89. The van der Waals surface area contributed by atoms with E-state index in [4.69, 9.17) is 5.73 Å². The number of benzene rings is 2. The average molecular weight is 352 g/mol. The highest BCUT2D eigenvalue weighted by atomic mass is 19.1. The normalized spacial score (nSPS) is 10.6. The molecule has 0 radical (unpaired) electrons. The molecule has 2 amide bonds. The molecule has 26 heavy (non-hydrogen) atoms. The maximum Gasteiger partial charge on any atom is 0.258 e. The van der Waals surface area contributed by atoms with Gasteiger partial charge in [-0.3, -0.25) is 9.59 Å². The van der Waals surface area contributed by atoms with Crippen molar-refractivity contribution in [2.75, 3.05) is 5.32 Å². The third-order valence-electron chi connectivity index (χ3n) is 4.16. The first kappa shape index (κ1) is 17.3. The summed E-state index contributed by atoms with van der Waals surface area (Å²) in [6.07, 6.45) is 1.73. The highest BCUT2D eigenvalue weighted by molar-refractivity contribution is 6.06. The Morgan fingerprint density at radius 1 is 1.08 bits per heavy atom. The molecule has 1 heterocycles. The first-order valence-electron chi connectivity index (χ1n) is 7.89. The first-order chi connectivity index (χ1) is 12.4. The minimum Gasteiger partial charge on any atom is -0.366 e. The lowest BCUT2D eigenvalue weighted by Gasteiger charge is -2.10. The van der Waals surface area contributed by atoms with Crippen LogP contribution in [0, 0.1) is 19.7 Å². The van der Waals surface area contributed by atoms with Crippen LogP contribution in [-0.2, 0) is 0 Å². The number of carbonyl (C=O) groups excluding carboxylic acids is 2. The largest absolute Gasteiger partial charge is 0.366 e. The van der Waals surface area contributed by atoms with E-state index < -0.39 is 17.6 Å². The van der Waals surface area contributed by atoms with Gasteiger partial charge in [-0.15, -0.1) is 0 Å². The Morgan fingerprint density at radius 2 is 1.73 bits per heavy atom. The van der Waals surface area contributed by atoms with Gasteiger partial charge in [-0.25, -0.2) is 9.37 Å². The van der Waals surface area contributed by atoms with Gasteiger partial charge in [0.25, 0.3) is 11.8 Å². The number of anilines is 1. The Morgan fingerprint density at radius 3 is 2.31 bits per heavy atom. The number of imidazole rings is 1. The lowest BCUT2D eigenvalue weighted by Crippen LogP contribution is -2.18. The zero-order valence-electron chi connectivity index (χ0n) is 14.3. The van der Waals surface area contributed by atoms with Crippen LogP contribution in [0.1, 0.15) is 32.1 Å². The Bertz CT molecular complexity index is 993. The van der Waals surface area contributed by atoms with Crippen LogP contribution in [-0.4, -0.2) is 21.4 Å². The number of rotatable bonds is 4. The molecule has 3 N–H and O–H groups in total. The molecule has 7 heteroatoms. The third-order valence-corrected chi connectivity index (χ3v) is 4.16. The SMILES string of the molecule is Cc1ncn(-c2ccc(NC(=O)c3cccc(C(N)=O)c3F)cc2)c1C. The van der Waals surface area contributed by atoms with E-state index in [9.17, 15) is 14.0 Å². The maximum absolute atomic E-state index is 14.2. The van der Waals surface area contributed by atoms with Crippen molar-refractivity contribution in [3.8, 4) is 5.69 Å². The standard InChI is InChI=1S/C19H17FN4O2/c1-11-12(2)24(10-22-11)14-8-6-13(7-9-14)23-19(26)16-5-3-4-15(17(16)20)18(21)25/h3-10H,1-2H3,(H2,21,25)(H,23,26). The van der Waals surface area contributed by atoms with E-state index in [-0.39, 0.29) is 11.1 Å². The number of aromatic nitrogens is 2. The summed E-state index contributed by atoms with van der Waals surface area (Å²) >= 11 is 0. The summed E-state index contributed by atoms with van der Waals surface area (Å²) < 4.78 is 16.2. The number of halogens is 1. The van der Waals surface area contributed by atoms with Crippen molar-refractivity contribution >= 4 is 17.5 Å². The molecule has 0 atom stereocenters. The molecule has 0 aliphatic rings. The molecule has 3 rings (SSSR count). The fourth-order valence-electron chi connectivity index (χ4n) is 2.56. The Labute approximate surface area is 149 Å². The molecule has 0 unspecified atom stereocenters. The predicted molar refractivity (Wildman–Crippen MR) is 95.9 cm³/mol. The summed E-state index contributed by atoms with van der Waals surface area (Å²) in [6.45, 7) is 3.89. The molecular weight excluding hydrogens is 335 g/mol. The predicted octanol–water partition coefficient (Wildman–Crippen LogP) is 2.98. The summed E-state index contributed by atoms with van der Waals surface area (Å²) in [7, 11) is 0. The van der Waals surface area contributed by atoms with Gasteiger partial charge < -0.3 is 15.6 Å². The van der Waals surface area contributed by atoms with Crippen LogP contribution in [0.4, 0.5) is 10.1 Å². The second-order valence-corrected chi connectivity index (χ2v) is 5.82. The van der Waals surface area contributed by atoms with Crippen LogP contribution in [0.3, 0.4) is 0 Å². The zero-order valence-corrected chi connectivity index (χ0v) is 14.3. The molecule has 1 aromatic heterocycles. The van der Waals surface area contributed by atoms with Gasteiger partial charge in [0.2, 0.25) is 0 Å². The second kappa shape index (κ2) is 6.79. The maximum atomic E-state index is 14.2. The smallest absolute Gasteiger partial charge is 0.258 e. The highest BCUT2D eigenvalue weighted by Crippen LogP contribution is 2.19. The number of carbonyl (C=O) groups is 2. The average Bonchev–Trinajstić information content (AvgIpc) is 2.94. The van der Waals surface area contributed by atoms with Gasteiger partial charge in [0.05, 0.1) is 23.1 Å². The lowest BCUT2D eigenvalue weighted by molar-refractivity contribution is 0.0996. The molecule has 0 aliphatic carbocycles. The number of nitrogens with two attached hydrogens (primary N) is 1. The molecule has 0 bridgehead atoms. The Hall–Kier alpha value is -3.48. The van der Waals surface area contributed by atoms with E-state index in [0.717, 1.165) is 17.1 Å². The van der Waals surface area contributed by atoms with Crippen molar-refractivity contribution in [3.05, 3.63) is 77.1 Å². The summed E-state index contributed by atoms with van der Waals surface area (Å²) in [5.74, 6) is -2.51. The van der Waals surface area contributed by atoms with Crippen molar-refractivity contribution < 1.29 is 14.0 Å². The lowest BCUT2D eigenvalue weighted by atomic mass is 10.1. The minimum atomic E-state index is -0.932. The van der Waals surface area contributed by atoms with Crippen LogP contribution < -0.4 is 11.1 Å². The molecule has 6 nitrogen and oxygen atoms in total. The van der Waals surface area contributed by atoms with Gasteiger partial charge in [-0.1, -0.05) is 6.07 Å². The van der Waals surface area contributed by atoms with E-state index in [1.54, 1.807) is 18.5 Å². The molecule has 3 aromatic rings. The topological polar surface area (TPSA) is 90.0 Å². The molecule has 0 saturated heterocycles. The van der Waals surface area contributed by atoms with Crippen molar-refractivity contribution in [3.63, 3.8) is 0 Å². The van der Waals surface area contributed by atoms with Crippen LogP contribution in [0.5, 0.6) is 0 Å². The van der Waals surface area contributed by atoms with Gasteiger partial charge in [0.15, 0.2) is 0 Å². The fourth-order valence-corrected chi connectivity index (χ4v) is 2.56. The molecular formula is C19H17FN4O2. The molecule has 0 aliphatic heterocycles. The quantitative estimate of drug-likeness (QED) is 0.756. The fraction of sp³-hybridized carbons (Fsp3) is 0.105. The van der Waals surface area contributed by atoms with E-state index in [0.29, 0.717) is 5.69 Å². The number of amides is 2. The van der Waals surface area contributed by atoms with Gasteiger partial charge >= 0.3 is 0 Å². The van der Waals surface area contributed by atoms with Crippen molar-refractivity contribution in [1.82, 2.24) is 9.55 Å². The van der Waals surface area contributed by atoms with E-state index in [2.05, 4.69) is 10.3 Å². The number of primary amides is 1. The number of hydrogen-bond acceptors (Lipinski definition) is 3. The Balaban J connectivity index is 1.82. The van der Waals surface area contributed by atoms with E-state index in [1.165, 1.54) is 18.2 Å². The summed E-state index contributed by atoms with van der Waals surface area (Å²) in [5, 5.41) is 2.61. The third kappa shape index (κ3) is 3.19. The summed E-state index contributed by atoms with van der Waals surface area (Å²) in [6, 6.07) is 11.0. The number of nitrogens with one attached hydrogen (secondary N) is 1. The molecule has 0 saturated carbocycles. The van der Waals surface area contributed by atoms with Crippen LogP contribution in [0.2, 0.25) is 0 Å². The van der Waals surface area contributed by atoms with Crippen LogP contribution in [0.25, 0.3) is 5.69 Å². The number of hydrogen-bond donors (Lipinski definition) is 2. The molecule has 0 fully saturated rings. The summed E-state index contributed by atoms with van der Waals surface area (Å²) in [4.78, 5) is 27.8. The molecule has 132 valence electrons. The molecule has 0 spiro atoms. The Kier molecular flexibility index (Phi) is 4.53. The number of aryl methyl sites for hydroxylation is 1. The zero-order chi connectivity index (χ0) is 18.8. The van der Waals surface area contributed by atoms with Crippen molar-refractivity contribution in [2.24, 2.45) is 5.73 Å². The minimum absolute atomic E-state index is 0.244. The van der Waals surface area contributed by atoms with Crippen LogP contribution in [0.15, 0.2) is 48.8 Å². The van der Waals surface area contributed by atoms with Crippen molar-refractivity contribution in [1.29, 1.82) is 0 Å². The molecule has 2 aromatic carbocycles. The van der Waals surface area contributed by atoms with E-state index in [1.807, 2.05) is 30.5 Å². The second-order valence-electron chi connectivity index (χ2n) is 5.82. The summed E-state index contributed by atoms with van der Waals surface area (Å²) in [5.41, 5.74) is 7.89. The van der Waals surface area contributed by atoms with E-state index >= 15 is 0 Å². The number of nitrogens with zero attached hydrogens (tertiary/aromatic N) is 2. The van der Waals surface area contributed by atoms with Crippen molar-refractivity contribution in [2.45, 2.75) is 13.8 Å². The highest BCUT2D eigenvalue weighted by Gasteiger charge is 2.17. The van der Waals surface area contributed by atoms with Gasteiger partial charge in [0, 0.05) is 17.1 Å².